The summed E-state index contributed by atoms with van der Waals surface area (Å²) >= 11 is 0. The van der Waals surface area contributed by atoms with Gasteiger partial charge in [-0.25, -0.2) is 9.37 Å². The molecule has 18 heavy (non-hydrogen) atoms. The van der Waals surface area contributed by atoms with E-state index in [4.69, 9.17) is 0 Å². The molecule has 4 nitrogen and oxygen atoms in total. The Balaban J connectivity index is 2.55. The molecule has 0 radical (unpaired) electrons. The molecule has 0 saturated carbocycles. The Labute approximate surface area is 102 Å². The molecule has 0 saturated heterocycles. The molecule has 1 aromatic heterocycles. The van der Waals surface area contributed by atoms with E-state index in [2.05, 4.69) is 9.97 Å². The molecule has 0 atom stereocenters. The van der Waals surface area contributed by atoms with Crippen molar-refractivity contribution in [3.05, 3.63) is 29.8 Å². The van der Waals surface area contributed by atoms with Crippen molar-refractivity contribution in [3.63, 3.8) is 0 Å². The Morgan fingerprint density at radius 1 is 1.22 bits per heavy atom. The molecule has 2 aromatic carbocycles. The van der Waals surface area contributed by atoms with E-state index in [9.17, 15) is 14.6 Å². The molecule has 0 spiro atoms. The van der Waals surface area contributed by atoms with E-state index in [0.29, 0.717) is 28.7 Å². The van der Waals surface area contributed by atoms with Gasteiger partial charge in [0, 0.05) is 17.2 Å². The van der Waals surface area contributed by atoms with E-state index in [0.717, 1.165) is 0 Å². The highest BCUT2D eigenvalue weighted by Crippen LogP contribution is 2.41. The van der Waals surface area contributed by atoms with Crippen LogP contribution in [0.1, 0.15) is 12.7 Å². The zero-order valence-corrected chi connectivity index (χ0v) is 9.66. The van der Waals surface area contributed by atoms with Crippen molar-refractivity contribution >= 4 is 21.8 Å². The average molecular weight is 246 g/mol. The molecule has 3 rings (SSSR count). The second-order valence-electron chi connectivity index (χ2n) is 4.15. The SMILES string of the molecule is CCc1nc2c([nH]1)c(O)c(O)c1cc(F)ccc12. The summed E-state index contributed by atoms with van der Waals surface area (Å²) in [6, 6.07) is 4.04. The second kappa shape index (κ2) is 3.60. The summed E-state index contributed by atoms with van der Waals surface area (Å²) in [5, 5.41) is 20.7. The summed E-state index contributed by atoms with van der Waals surface area (Å²) in [6.07, 6.45) is 0.678. The Kier molecular flexibility index (Phi) is 2.16. The highest BCUT2D eigenvalue weighted by Gasteiger charge is 2.16. The number of fused-ring (bicyclic) bond motifs is 3. The number of halogens is 1. The van der Waals surface area contributed by atoms with Crippen molar-refractivity contribution in [2.75, 3.05) is 0 Å². The van der Waals surface area contributed by atoms with Gasteiger partial charge in [-0.1, -0.05) is 6.92 Å². The molecule has 5 heteroatoms. The van der Waals surface area contributed by atoms with Crippen molar-refractivity contribution in [3.8, 4) is 11.5 Å². The van der Waals surface area contributed by atoms with Crippen LogP contribution in [0.15, 0.2) is 18.2 Å². The molecule has 3 aromatic rings. The van der Waals surface area contributed by atoms with E-state index in [-0.39, 0.29) is 16.9 Å². The van der Waals surface area contributed by atoms with Gasteiger partial charge in [0.25, 0.3) is 0 Å². The first-order valence-electron chi connectivity index (χ1n) is 5.63. The van der Waals surface area contributed by atoms with Gasteiger partial charge in [0.05, 0.1) is 0 Å². The number of aromatic nitrogens is 2. The van der Waals surface area contributed by atoms with Crippen LogP contribution in [-0.4, -0.2) is 20.2 Å². The minimum absolute atomic E-state index is 0.258. The number of nitrogens with one attached hydrogen (secondary N) is 1. The molecule has 92 valence electrons. The van der Waals surface area contributed by atoms with E-state index in [1.165, 1.54) is 12.1 Å². The maximum absolute atomic E-state index is 13.2. The number of phenols is 2. The molecule has 0 fully saturated rings. The molecule has 0 aliphatic rings. The Morgan fingerprint density at radius 3 is 2.72 bits per heavy atom. The predicted molar refractivity (Wildman–Crippen MR) is 66.3 cm³/mol. The number of aromatic amines is 1. The van der Waals surface area contributed by atoms with E-state index in [1.807, 2.05) is 6.92 Å². The van der Waals surface area contributed by atoms with Crippen LogP contribution in [0.5, 0.6) is 11.5 Å². The number of H-pyrrole nitrogens is 1. The first-order valence-corrected chi connectivity index (χ1v) is 5.63. The molecule has 0 bridgehead atoms. The minimum Gasteiger partial charge on any atom is -0.504 e. The van der Waals surface area contributed by atoms with Crippen LogP contribution in [0.4, 0.5) is 4.39 Å². The van der Waals surface area contributed by atoms with Gasteiger partial charge >= 0.3 is 0 Å². The van der Waals surface area contributed by atoms with Crippen LogP contribution in [0.2, 0.25) is 0 Å². The van der Waals surface area contributed by atoms with Gasteiger partial charge in [-0.05, 0) is 18.2 Å². The zero-order chi connectivity index (χ0) is 12.9. The summed E-state index contributed by atoms with van der Waals surface area (Å²) in [7, 11) is 0. The van der Waals surface area contributed by atoms with E-state index in [1.54, 1.807) is 6.07 Å². The first kappa shape index (κ1) is 10.8. The molecular formula is C13H11FN2O2. The highest BCUT2D eigenvalue weighted by atomic mass is 19.1. The number of phenolic OH excluding ortho intramolecular Hbond substituents is 2. The Hall–Kier alpha value is -2.30. The maximum atomic E-state index is 13.2. The summed E-state index contributed by atoms with van der Waals surface area (Å²) in [4.78, 5) is 7.29. The average Bonchev–Trinajstić information content (AvgIpc) is 2.80. The van der Waals surface area contributed by atoms with Crippen molar-refractivity contribution in [2.45, 2.75) is 13.3 Å². The summed E-state index contributed by atoms with van der Waals surface area (Å²) in [5.41, 5.74) is 0.917. The fraction of sp³-hybridized carbons (Fsp3) is 0.154. The lowest BCUT2D eigenvalue weighted by Gasteiger charge is -2.05. The number of hydrogen-bond donors (Lipinski definition) is 3. The largest absolute Gasteiger partial charge is 0.504 e. The van der Waals surface area contributed by atoms with Gasteiger partial charge < -0.3 is 15.2 Å². The molecule has 3 N–H and O–H groups in total. The predicted octanol–water partition coefficient (Wildman–Crippen LogP) is 2.83. The monoisotopic (exact) mass is 246 g/mol. The van der Waals surface area contributed by atoms with E-state index < -0.39 is 5.82 Å². The van der Waals surface area contributed by atoms with Crippen LogP contribution < -0.4 is 0 Å². The molecule has 0 amide bonds. The number of rotatable bonds is 1. The van der Waals surface area contributed by atoms with Crippen molar-refractivity contribution in [2.24, 2.45) is 0 Å². The van der Waals surface area contributed by atoms with Crippen molar-refractivity contribution in [1.29, 1.82) is 0 Å². The minimum atomic E-state index is -0.470. The Bertz CT molecular complexity index is 765. The van der Waals surface area contributed by atoms with Gasteiger partial charge in [-0.2, -0.15) is 0 Å². The number of aromatic hydroxyl groups is 2. The second-order valence-corrected chi connectivity index (χ2v) is 4.15. The maximum Gasteiger partial charge on any atom is 0.184 e. The van der Waals surface area contributed by atoms with Crippen molar-refractivity contribution in [1.82, 2.24) is 9.97 Å². The number of hydrogen-bond acceptors (Lipinski definition) is 3. The smallest absolute Gasteiger partial charge is 0.184 e. The van der Waals surface area contributed by atoms with Gasteiger partial charge in [-0.15, -0.1) is 0 Å². The molecule has 1 heterocycles. The summed E-state index contributed by atoms with van der Waals surface area (Å²) in [5.74, 6) is -0.391. The van der Waals surface area contributed by atoms with Crippen LogP contribution >= 0.6 is 0 Å². The van der Waals surface area contributed by atoms with Gasteiger partial charge in [0.2, 0.25) is 0 Å². The van der Waals surface area contributed by atoms with Gasteiger partial charge in [0.1, 0.15) is 22.7 Å². The van der Waals surface area contributed by atoms with Crippen LogP contribution in [0.3, 0.4) is 0 Å². The number of benzene rings is 2. The zero-order valence-electron chi connectivity index (χ0n) is 9.66. The number of nitrogens with zero attached hydrogens (tertiary/aromatic N) is 1. The van der Waals surface area contributed by atoms with Gasteiger partial charge in [-0.3, -0.25) is 0 Å². The Morgan fingerprint density at radius 2 is 2.00 bits per heavy atom. The summed E-state index contributed by atoms with van der Waals surface area (Å²) < 4.78 is 13.2. The third-order valence-electron chi connectivity index (χ3n) is 3.04. The third kappa shape index (κ3) is 1.33. The molecule has 0 unspecified atom stereocenters. The van der Waals surface area contributed by atoms with E-state index >= 15 is 0 Å². The topological polar surface area (TPSA) is 69.1 Å². The standard InChI is InChI=1S/C13H11FN2O2/c1-2-9-15-10-7-4-3-6(14)5-8(7)12(17)13(18)11(10)16-9/h3-5,17-18H,2H2,1H3,(H,15,16). The molecule has 0 aliphatic carbocycles. The number of aryl methyl sites for hydroxylation is 1. The first-order chi connectivity index (χ1) is 8.61. The number of imidazole rings is 1. The van der Waals surface area contributed by atoms with Gasteiger partial charge in [0.15, 0.2) is 11.5 Å². The van der Waals surface area contributed by atoms with Crippen molar-refractivity contribution < 1.29 is 14.6 Å². The highest BCUT2D eigenvalue weighted by molar-refractivity contribution is 6.10. The molecule has 0 aliphatic heterocycles. The lowest BCUT2D eigenvalue weighted by Crippen LogP contribution is -1.82. The van der Waals surface area contributed by atoms with Crippen LogP contribution in [0, 0.1) is 5.82 Å². The van der Waals surface area contributed by atoms with Crippen LogP contribution in [0.25, 0.3) is 21.8 Å². The lowest BCUT2D eigenvalue weighted by atomic mass is 10.1. The fourth-order valence-corrected chi connectivity index (χ4v) is 2.12. The fourth-order valence-electron chi connectivity index (χ4n) is 2.12. The third-order valence-corrected chi connectivity index (χ3v) is 3.04. The normalized spacial score (nSPS) is 11.4. The quantitative estimate of drug-likeness (QED) is 0.578. The van der Waals surface area contributed by atoms with Crippen LogP contribution in [-0.2, 0) is 6.42 Å². The molecular weight excluding hydrogens is 235 g/mol. The summed E-state index contributed by atoms with van der Waals surface area (Å²) in [6.45, 7) is 1.93. The lowest BCUT2D eigenvalue weighted by molar-refractivity contribution is 0.411.